The summed E-state index contributed by atoms with van der Waals surface area (Å²) in [7, 11) is 1.60. The lowest BCUT2D eigenvalue weighted by Gasteiger charge is -2.23. The molecule has 0 saturated carbocycles. The first-order valence-electron chi connectivity index (χ1n) is 8.60. The van der Waals surface area contributed by atoms with Crippen LogP contribution in [0.5, 0.6) is 5.75 Å². The van der Waals surface area contributed by atoms with E-state index in [9.17, 15) is 9.18 Å². The van der Waals surface area contributed by atoms with E-state index in [0.29, 0.717) is 22.4 Å². The van der Waals surface area contributed by atoms with Gasteiger partial charge in [-0.2, -0.15) is 4.39 Å². The van der Waals surface area contributed by atoms with Crippen molar-refractivity contribution in [2.24, 2.45) is 0 Å². The molecule has 3 aromatic rings. The maximum absolute atomic E-state index is 13.6. The van der Waals surface area contributed by atoms with Crippen molar-refractivity contribution in [3.05, 3.63) is 88.4 Å². The molecule has 1 aromatic heterocycles. The number of hydrogen-bond acceptors (Lipinski definition) is 3. The second kappa shape index (κ2) is 9.32. The minimum atomic E-state index is -0.592. The molecule has 0 aliphatic carbocycles. The highest BCUT2D eigenvalue weighted by atomic mass is 79.9. The smallest absolute Gasteiger partial charge is 0.322 e. The molecule has 28 heavy (non-hydrogen) atoms. The number of amides is 2. The summed E-state index contributed by atoms with van der Waals surface area (Å²) in [5, 5.41) is 2.86. The molecule has 0 fully saturated rings. The van der Waals surface area contributed by atoms with Crippen molar-refractivity contribution in [1.82, 2.24) is 9.88 Å². The number of aromatic nitrogens is 1. The number of nitrogens with one attached hydrogen (secondary N) is 1. The van der Waals surface area contributed by atoms with E-state index >= 15 is 0 Å². The standard InChI is InChI=1S/C21H19BrFN3O2/c1-28-17-9-7-15(8-10-17)13-26(14-19-18(22)11-12-20(23)25-19)21(27)24-16-5-3-2-4-6-16/h2-12H,13-14H2,1H3,(H,24,27). The van der Waals surface area contributed by atoms with Crippen molar-refractivity contribution in [3.8, 4) is 5.75 Å². The summed E-state index contributed by atoms with van der Waals surface area (Å²) in [6.07, 6.45) is 0. The molecule has 0 radical (unpaired) electrons. The van der Waals surface area contributed by atoms with Crippen molar-refractivity contribution in [2.75, 3.05) is 12.4 Å². The molecule has 0 bridgehead atoms. The van der Waals surface area contributed by atoms with Gasteiger partial charge in [-0.05, 0) is 57.9 Å². The van der Waals surface area contributed by atoms with E-state index in [1.54, 1.807) is 30.2 Å². The number of benzene rings is 2. The van der Waals surface area contributed by atoms with Crippen LogP contribution in [0, 0.1) is 5.95 Å². The summed E-state index contributed by atoms with van der Waals surface area (Å²) in [6.45, 7) is 0.469. The number of urea groups is 1. The fraction of sp³-hybridized carbons (Fsp3) is 0.143. The van der Waals surface area contributed by atoms with E-state index in [2.05, 4.69) is 26.2 Å². The quantitative estimate of drug-likeness (QED) is 0.530. The number of methoxy groups -OCH3 is 1. The molecule has 0 unspecified atom stereocenters. The van der Waals surface area contributed by atoms with Crippen LogP contribution >= 0.6 is 15.9 Å². The van der Waals surface area contributed by atoms with Crippen LogP contribution in [0.3, 0.4) is 0 Å². The van der Waals surface area contributed by atoms with Gasteiger partial charge >= 0.3 is 6.03 Å². The van der Waals surface area contributed by atoms with Gasteiger partial charge in [0.25, 0.3) is 0 Å². The minimum Gasteiger partial charge on any atom is -0.497 e. The van der Waals surface area contributed by atoms with Gasteiger partial charge in [-0.25, -0.2) is 9.78 Å². The summed E-state index contributed by atoms with van der Waals surface area (Å²) in [6, 6.07) is 19.1. The van der Waals surface area contributed by atoms with Crippen molar-refractivity contribution in [1.29, 1.82) is 0 Å². The van der Waals surface area contributed by atoms with Gasteiger partial charge in [0.15, 0.2) is 0 Å². The van der Waals surface area contributed by atoms with Crippen LogP contribution < -0.4 is 10.1 Å². The number of ether oxygens (including phenoxy) is 1. The number of hydrogen-bond donors (Lipinski definition) is 1. The Balaban J connectivity index is 1.83. The third-order valence-electron chi connectivity index (χ3n) is 4.07. The molecule has 3 rings (SSSR count). The van der Waals surface area contributed by atoms with E-state index < -0.39 is 5.95 Å². The topological polar surface area (TPSA) is 54.5 Å². The van der Waals surface area contributed by atoms with E-state index in [0.717, 1.165) is 11.3 Å². The first-order valence-corrected chi connectivity index (χ1v) is 9.39. The lowest BCUT2D eigenvalue weighted by atomic mass is 10.2. The highest BCUT2D eigenvalue weighted by Gasteiger charge is 2.18. The Bertz CT molecular complexity index is 936. The molecule has 7 heteroatoms. The number of nitrogens with zero attached hydrogens (tertiary/aromatic N) is 2. The Morgan fingerprint density at radius 3 is 2.46 bits per heavy atom. The van der Waals surface area contributed by atoms with Crippen LogP contribution in [-0.2, 0) is 13.1 Å². The molecule has 0 aliphatic rings. The number of anilines is 1. The van der Waals surface area contributed by atoms with Gasteiger partial charge in [0.2, 0.25) is 5.95 Å². The maximum Gasteiger partial charge on any atom is 0.322 e. The molecule has 0 saturated heterocycles. The van der Waals surface area contributed by atoms with Crippen molar-refractivity contribution >= 4 is 27.6 Å². The highest BCUT2D eigenvalue weighted by molar-refractivity contribution is 9.10. The summed E-state index contributed by atoms with van der Waals surface area (Å²) < 4.78 is 19.4. The Hall–Kier alpha value is -2.93. The van der Waals surface area contributed by atoms with Crippen molar-refractivity contribution < 1.29 is 13.9 Å². The maximum atomic E-state index is 13.6. The van der Waals surface area contributed by atoms with Crippen LogP contribution in [0.1, 0.15) is 11.3 Å². The Morgan fingerprint density at radius 2 is 1.79 bits per heavy atom. The van der Waals surface area contributed by atoms with Crippen molar-refractivity contribution in [2.45, 2.75) is 13.1 Å². The van der Waals surface area contributed by atoms with E-state index in [-0.39, 0.29) is 12.6 Å². The van der Waals surface area contributed by atoms with E-state index in [4.69, 9.17) is 4.74 Å². The van der Waals surface area contributed by atoms with Gasteiger partial charge in [-0.3, -0.25) is 0 Å². The van der Waals surface area contributed by atoms with Crippen LogP contribution in [0.2, 0.25) is 0 Å². The third kappa shape index (κ3) is 5.29. The summed E-state index contributed by atoms with van der Waals surface area (Å²) >= 11 is 3.38. The molecule has 0 spiro atoms. The predicted octanol–water partition coefficient (Wildman–Crippen LogP) is 5.23. The number of carbonyl (C=O) groups is 1. The number of rotatable bonds is 6. The second-order valence-corrected chi connectivity index (χ2v) is 6.92. The van der Waals surface area contributed by atoms with Gasteiger partial charge in [0, 0.05) is 16.7 Å². The Morgan fingerprint density at radius 1 is 1.07 bits per heavy atom. The highest BCUT2D eigenvalue weighted by Crippen LogP contribution is 2.20. The first-order chi connectivity index (χ1) is 13.5. The van der Waals surface area contributed by atoms with Crippen molar-refractivity contribution in [3.63, 3.8) is 0 Å². The Labute approximate surface area is 171 Å². The zero-order chi connectivity index (χ0) is 19.9. The molecular weight excluding hydrogens is 425 g/mol. The van der Waals surface area contributed by atoms with Crippen LogP contribution in [0.25, 0.3) is 0 Å². The zero-order valence-corrected chi connectivity index (χ0v) is 16.8. The van der Waals surface area contributed by atoms with E-state index in [1.165, 1.54) is 6.07 Å². The molecular formula is C21H19BrFN3O2. The fourth-order valence-corrected chi connectivity index (χ4v) is 2.97. The number of carbonyl (C=O) groups excluding carboxylic acids is 1. The lowest BCUT2D eigenvalue weighted by molar-refractivity contribution is 0.205. The fourth-order valence-electron chi connectivity index (χ4n) is 2.62. The predicted molar refractivity (Wildman–Crippen MR) is 110 cm³/mol. The largest absolute Gasteiger partial charge is 0.497 e. The normalized spacial score (nSPS) is 10.4. The zero-order valence-electron chi connectivity index (χ0n) is 15.2. The van der Waals surface area contributed by atoms with Crippen LogP contribution in [0.15, 0.2) is 71.2 Å². The summed E-state index contributed by atoms with van der Waals surface area (Å²) in [5.41, 5.74) is 2.03. The number of pyridine rings is 1. The molecule has 2 aromatic carbocycles. The third-order valence-corrected chi connectivity index (χ3v) is 4.79. The molecule has 0 aliphatic heterocycles. The molecule has 0 atom stereocenters. The second-order valence-electron chi connectivity index (χ2n) is 6.06. The Kier molecular flexibility index (Phi) is 6.60. The van der Waals surface area contributed by atoms with Gasteiger partial charge < -0.3 is 15.0 Å². The van der Waals surface area contributed by atoms with Crippen LogP contribution in [0.4, 0.5) is 14.9 Å². The SMILES string of the molecule is COc1ccc(CN(Cc2nc(F)ccc2Br)C(=O)Nc2ccccc2)cc1. The van der Waals surface area contributed by atoms with Gasteiger partial charge in [0.05, 0.1) is 19.3 Å². The average Bonchev–Trinajstić information content (AvgIpc) is 2.71. The molecule has 2 amide bonds. The lowest BCUT2D eigenvalue weighted by Crippen LogP contribution is -2.34. The molecule has 144 valence electrons. The summed E-state index contributed by atoms with van der Waals surface area (Å²) in [5.74, 6) is 0.143. The first kappa shape index (κ1) is 19.8. The van der Waals surface area contributed by atoms with Gasteiger partial charge in [-0.15, -0.1) is 0 Å². The van der Waals surface area contributed by atoms with E-state index in [1.807, 2.05) is 42.5 Å². The van der Waals surface area contributed by atoms with Crippen LogP contribution in [-0.4, -0.2) is 23.0 Å². The van der Waals surface area contributed by atoms with Gasteiger partial charge in [-0.1, -0.05) is 30.3 Å². The molecule has 1 heterocycles. The minimum absolute atomic E-state index is 0.142. The van der Waals surface area contributed by atoms with Gasteiger partial charge in [0.1, 0.15) is 5.75 Å². The number of para-hydroxylation sites is 1. The monoisotopic (exact) mass is 443 g/mol. The number of halogens is 2. The molecule has 5 nitrogen and oxygen atoms in total. The summed E-state index contributed by atoms with van der Waals surface area (Å²) in [4.78, 5) is 18.4. The average molecular weight is 444 g/mol. The molecule has 1 N–H and O–H groups in total.